The second kappa shape index (κ2) is 9.92. The first-order valence-electron chi connectivity index (χ1n) is 11.9. The lowest BCUT2D eigenvalue weighted by atomic mass is 9.94. The summed E-state index contributed by atoms with van der Waals surface area (Å²) < 4.78 is 12.1. The number of hydrogen-bond acceptors (Lipinski definition) is 3. The van der Waals surface area contributed by atoms with Crippen LogP contribution in [0.1, 0.15) is 25.0 Å². The van der Waals surface area contributed by atoms with Gasteiger partial charge in [-0.05, 0) is 60.9 Å². The third-order valence-electron chi connectivity index (χ3n) is 6.32. The third kappa shape index (κ3) is 4.36. The number of halogens is 1. The summed E-state index contributed by atoms with van der Waals surface area (Å²) in [5, 5.41) is 6.64. The second-order valence-corrected chi connectivity index (χ2v) is 9.07. The molecule has 180 valence electrons. The van der Waals surface area contributed by atoms with Gasteiger partial charge in [-0.2, -0.15) is 0 Å². The molecule has 1 amide bonds. The fourth-order valence-electron chi connectivity index (χ4n) is 4.61. The number of nitrogens with one attached hydrogen (secondary N) is 1. The first-order valence-corrected chi connectivity index (χ1v) is 12.3. The maximum atomic E-state index is 12.8. The van der Waals surface area contributed by atoms with E-state index in [1.807, 2.05) is 51.3 Å². The van der Waals surface area contributed by atoms with Crippen molar-refractivity contribution in [2.75, 3.05) is 11.9 Å². The zero-order chi connectivity index (χ0) is 25.2. The van der Waals surface area contributed by atoms with Gasteiger partial charge in [0.25, 0.3) is 0 Å². The molecule has 0 saturated carbocycles. The standard InChI is InChI=1S/C31H26ClNO3/c1-4-35-30-20(3)31-25(26(18-36-31)23-13-9-11-21-10-5-6-12-22(21)23)17-24(30)19(2)16-29(34)33-28-15-8-7-14-27(28)32/h5-18H,4H2,1-3H3,(H,33,34)/b19-16+. The predicted molar refractivity (Wildman–Crippen MR) is 149 cm³/mol. The first kappa shape index (κ1) is 23.7. The number of furan rings is 1. The van der Waals surface area contributed by atoms with Gasteiger partial charge in [0.1, 0.15) is 11.3 Å². The number of allylic oxidation sites excluding steroid dienone is 1. The number of hydrogen-bond donors (Lipinski definition) is 1. The molecule has 4 nitrogen and oxygen atoms in total. The summed E-state index contributed by atoms with van der Waals surface area (Å²) in [6.07, 6.45) is 3.38. The lowest BCUT2D eigenvalue weighted by molar-refractivity contribution is -0.111. The predicted octanol–water partition coefficient (Wildman–Crippen LogP) is 8.66. The molecule has 5 heteroatoms. The summed E-state index contributed by atoms with van der Waals surface area (Å²) >= 11 is 6.21. The Labute approximate surface area is 215 Å². The molecule has 1 N–H and O–H groups in total. The fraction of sp³-hybridized carbons (Fsp3) is 0.129. The highest BCUT2D eigenvalue weighted by molar-refractivity contribution is 6.33. The second-order valence-electron chi connectivity index (χ2n) is 8.66. The van der Waals surface area contributed by atoms with Crippen LogP contribution in [0.5, 0.6) is 5.75 Å². The van der Waals surface area contributed by atoms with E-state index in [-0.39, 0.29) is 5.91 Å². The van der Waals surface area contributed by atoms with Crippen molar-refractivity contribution in [1.29, 1.82) is 0 Å². The molecule has 5 rings (SSSR count). The van der Waals surface area contributed by atoms with E-state index in [4.69, 9.17) is 20.8 Å². The van der Waals surface area contributed by atoms with Crippen molar-refractivity contribution < 1.29 is 13.9 Å². The van der Waals surface area contributed by atoms with E-state index in [9.17, 15) is 4.79 Å². The van der Waals surface area contributed by atoms with Gasteiger partial charge in [0.05, 0.1) is 23.6 Å². The highest BCUT2D eigenvalue weighted by Gasteiger charge is 2.20. The van der Waals surface area contributed by atoms with Crippen LogP contribution in [0.25, 0.3) is 38.4 Å². The highest BCUT2D eigenvalue weighted by atomic mass is 35.5. The van der Waals surface area contributed by atoms with E-state index >= 15 is 0 Å². The zero-order valence-electron chi connectivity index (χ0n) is 20.4. The van der Waals surface area contributed by atoms with Gasteiger partial charge >= 0.3 is 0 Å². The van der Waals surface area contributed by atoms with Gasteiger partial charge in [0, 0.05) is 28.2 Å². The highest BCUT2D eigenvalue weighted by Crippen LogP contribution is 2.42. The lowest BCUT2D eigenvalue weighted by Crippen LogP contribution is -2.09. The quantitative estimate of drug-likeness (QED) is 0.240. The van der Waals surface area contributed by atoms with E-state index in [1.54, 1.807) is 18.2 Å². The molecule has 0 radical (unpaired) electrons. The van der Waals surface area contributed by atoms with Crippen LogP contribution >= 0.6 is 11.6 Å². The molecular formula is C31H26ClNO3. The summed E-state index contributed by atoms with van der Waals surface area (Å²) in [4.78, 5) is 12.8. The molecular weight excluding hydrogens is 470 g/mol. The van der Waals surface area contributed by atoms with Crippen molar-refractivity contribution in [2.24, 2.45) is 0 Å². The monoisotopic (exact) mass is 495 g/mol. The van der Waals surface area contributed by atoms with Crippen LogP contribution in [0.15, 0.2) is 89.6 Å². The molecule has 0 aliphatic rings. The zero-order valence-corrected chi connectivity index (χ0v) is 21.1. The Morgan fingerprint density at radius 1 is 1.00 bits per heavy atom. The van der Waals surface area contributed by atoms with Crippen LogP contribution in [-0.4, -0.2) is 12.5 Å². The lowest BCUT2D eigenvalue weighted by Gasteiger charge is -2.15. The number of benzene rings is 4. The van der Waals surface area contributed by atoms with Crippen LogP contribution in [0.4, 0.5) is 5.69 Å². The Morgan fingerprint density at radius 2 is 1.75 bits per heavy atom. The van der Waals surface area contributed by atoms with Crippen LogP contribution in [0.2, 0.25) is 5.02 Å². The van der Waals surface area contributed by atoms with Gasteiger partial charge in [0.15, 0.2) is 0 Å². The first-order chi connectivity index (χ1) is 17.5. The summed E-state index contributed by atoms with van der Waals surface area (Å²) in [7, 11) is 0. The molecule has 5 aromatic rings. The molecule has 1 aromatic heterocycles. The van der Waals surface area contributed by atoms with Crippen LogP contribution < -0.4 is 10.1 Å². The van der Waals surface area contributed by atoms with Crippen molar-refractivity contribution >= 4 is 50.5 Å². The van der Waals surface area contributed by atoms with Gasteiger partial charge in [-0.25, -0.2) is 0 Å². The molecule has 0 fully saturated rings. The molecule has 0 spiro atoms. The molecule has 36 heavy (non-hydrogen) atoms. The molecule has 1 heterocycles. The normalized spacial score (nSPS) is 11.7. The Morgan fingerprint density at radius 3 is 2.56 bits per heavy atom. The van der Waals surface area contributed by atoms with Gasteiger partial charge < -0.3 is 14.5 Å². The Bertz CT molecular complexity index is 1630. The van der Waals surface area contributed by atoms with E-state index in [1.165, 1.54) is 5.39 Å². The van der Waals surface area contributed by atoms with Gasteiger partial charge in [0.2, 0.25) is 5.91 Å². The number of aryl methyl sites for hydroxylation is 1. The molecule has 0 unspecified atom stereocenters. The molecule has 0 aliphatic carbocycles. The van der Waals surface area contributed by atoms with Crippen LogP contribution in [-0.2, 0) is 4.79 Å². The molecule has 4 aromatic carbocycles. The topological polar surface area (TPSA) is 51.5 Å². The summed E-state index contributed by atoms with van der Waals surface area (Å²) in [6.45, 7) is 6.34. The van der Waals surface area contributed by atoms with E-state index < -0.39 is 0 Å². The summed E-state index contributed by atoms with van der Waals surface area (Å²) in [5.74, 6) is 0.449. The number of anilines is 1. The van der Waals surface area contributed by atoms with Crippen molar-refractivity contribution in [3.63, 3.8) is 0 Å². The minimum Gasteiger partial charge on any atom is -0.493 e. The van der Waals surface area contributed by atoms with Crippen LogP contribution in [0.3, 0.4) is 0 Å². The largest absolute Gasteiger partial charge is 0.493 e. The number of ether oxygens (including phenoxy) is 1. The van der Waals surface area contributed by atoms with Crippen molar-refractivity contribution in [3.05, 3.63) is 101 Å². The Hall–Kier alpha value is -4.02. The number of rotatable bonds is 6. The van der Waals surface area contributed by atoms with Crippen molar-refractivity contribution in [1.82, 2.24) is 0 Å². The average Bonchev–Trinajstić information content (AvgIpc) is 3.30. The number of fused-ring (bicyclic) bond motifs is 2. The SMILES string of the molecule is CCOc1c(/C(C)=C/C(=O)Nc2ccccc2Cl)cc2c(-c3cccc4ccccc34)coc2c1C. The minimum atomic E-state index is -0.262. The molecule has 0 atom stereocenters. The number of amides is 1. The average molecular weight is 496 g/mol. The fourth-order valence-corrected chi connectivity index (χ4v) is 4.80. The number of para-hydroxylation sites is 1. The maximum absolute atomic E-state index is 12.8. The number of carbonyl (C=O) groups is 1. The Balaban J connectivity index is 1.63. The summed E-state index contributed by atoms with van der Waals surface area (Å²) in [5.41, 5.74) is 5.96. The third-order valence-corrected chi connectivity index (χ3v) is 6.65. The van der Waals surface area contributed by atoms with Gasteiger partial charge in [-0.3, -0.25) is 4.79 Å². The molecule has 0 saturated heterocycles. The smallest absolute Gasteiger partial charge is 0.248 e. The van der Waals surface area contributed by atoms with Gasteiger partial charge in [-0.15, -0.1) is 0 Å². The molecule has 0 bridgehead atoms. The van der Waals surface area contributed by atoms with E-state index in [2.05, 4.69) is 41.7 Å². The van der Waals surface area contributed by atoms with Crippen molar-refractivity contribution in [3.8, 4) is 16.9 Å². The van der Waals surface area contributed by atoms with Crippen molar-refractivity contribution in [2.45, 2.75) is 20.8 Å². The molecule has 0 aliphatic heterocycles. The van der Waals surface area contributed by atoms with Crippen LogP contribution in [0, 0.1) is 6.92 Å². The number of carbonyl (C=O) groups excluding carboxylic acids is 1. The summed E-state index contributed by atoms with van der Waals surface area (Å²) in [6, 6.07) is 23.8. The van der Waals surface area contributed by atoms with E-state index in [0.29, 0.717) is 23.1 Å². The maximum Gasteiger partial charge on any atom is 0.248 e. The Kier molecular flexibility index (Phi) is 6.53. The van der Waals surface area contributed by atoms with Gasteiger partial charge in [-0.1, -0.05) is 66.2 Å². The minimum absolute atomic E-state index is 0.262. The van der Waals surface area contributed by atoms with E-state index in [0.717, 1.165) is 44.2 Å².